The van der Waals surface area contributed by atoms with E-state index in [4.69, 9.17) is 25.9 Å². The zero-order valence-corrected chi connectivity index (χ0v) is 17.5. The quantitative estimate of drug-likeness (QED) is 0.211. The summed E-state index contributed by atoms with van der Waals surface area (Å²) in [7, 11) is 0. The van der Waals surface area contributed by atoms with Crippen LogP contribution in [0, 0.1) is 0 Å². The van der Waals surface area contributed by atoms with Crippen molar-refractivity contribution in [1.82, 2.24) is 10.4 Å². The van der Waals surface area contributed by atoms with Gasteiger partial charge in [-0.1, -0.05) is 12.8 Å². The number of imide groups is 1. The van der Waals surface area contributed by atoms with Gasteiger partial charge in [0.1, 0.15) is 0 Å². The molecule has 9 nitrogen and oxygen atoms in total. The molecule has 0 unspecified atom stereocenters. The van der Waals surface area contributed by atoms with Gasteiger partial charge in [-0.2, -0.15) is 0 Å². The first-order valence-corrected chi connectivity index (χ1v) is 10.6. The molecular weight excluding hydrogens is 404 g/mol. The van der Waals surface area contributed by atoms with Gasteiger partial charge in [0, 0.05) is 44.7 Å². The van der Waals surface area contributed by atoms with Gasteiger partial charge >= 0.3 is 5.97 Å². The van der Waals surface area contributed by atoms with Crippen LogP contribution in [-0.2, 0) is 33.5 Å². The maximum Gasteiger partial charge on any atom is 0.333 e. The molecule has 0 aromatic heterocycles. The van der Waals surface area contributed by atoms with Crippen LogP contribution in [0.4, 0.5) is 0 Å². The molecule has 1 aliphatic rings. The molecule has 1 aliphatic heterocycles. The molecule has 0 aliphatic carbocycles. The number of amides is 3. The molecule has 0 saturated carbocycles. The zero-order chi connectivity index (χ0) is 21.3. The number of hydroxylamine groups is 2. The van der Waals surface area contributed by atoms with E-state index in [1.54, 1.807) is 0 Å². The van der Waals surface area contributed by atoms with E-state index < -0.39 is 17.8 Å². The van der Waals surface area contributed by atoms with E-state index in [-0.39, 0.29) is 38.0 Å². The summed E-state index contributed by atoms with van der Waals surface area (Å²) in [5.41, 5.74) is 0. The van der Waals surface area contributed by atoms with E-state index in [9.17, 15) is 19.2 Å². The van der Waals surface area contributed by atoms with Gasteiger partial charge in [-0.25, -0.2) is 4.79 Å². The zero-order valence-electron chi connectivity index (χ0n) is 16.8. The largest absolute Gasteiger partial charge is 0.379 e. The summed E-state index contributed by atoms with van der Waals surface area (Å²) >= 11 is 5.60. The molecule has 10 heteroatoms. The Bertz CT molecular complexity index is 515. The highest BCUT2D eigenvalue weighted by Gasteiger charge is 2.32. The van der Waals surface area contributed by atoms with Crippen LogP contribution in [0.15, 0.2) is 0 Å². The standard InChI is InChI=1S/C19H31ClN2O7/c20-10-3-1-2-4-12-27-14-15-28-13-11-21-16(23)6-5-7-19(26)29-22-17(24)8-9-18(22)25/h1-15H2,(H,21,23). The predicted molar refractivity (Wildman–Crippen MR) is 105 cm³/mol. The van der Waals surface area contributed by atoms with Crippen molar-refractivity contribution in [1.29, 1.82) is 0 Å². The van der Waals surface area contributed by atoms with Crippen LogP contribution < -0.4 is 5.32 Å². The highest BCUT2D eigenvalue weighted by molar-refractivity contribution is 6.17. The lowest BCUT2D eigenvalue weighted by molar-refractivity contribution is -0.197. The second-order valence-electron chi connectivity index (χ2n) is 6.58. The van der Waals surface area contributed by atoms with Crippen molar-refractivity contribution in [2.24, 2.45) is 0 Å². The molecule has 0 radical (unpaired) electrons. The summed E-state index contributed by atoms with van der Waals surface area (Å²) < 4.78 is 10.8. The number of halogens is 1. The van der Waals surface area contributed by atoms with Gasteiger partial charge in [-0.3, -0.25) is 14.4 Å². The van der Waals surface area contributed by atoms with E-state index in [0.29, 0.717) is 43.9 Å². The molecule has 0 aromatic carbocycles. The van der Waals surface area contributed by atoms with Crippen LogP contribution in [0.2, 0.25) is 0 Å². The Kier molecular flexibility index (Phi) is 14.1. The molecule has 0 atom stereocenters. The number of ether oxygens (including phenoxy) is 2. The summed E-state index contributed by atoms with van der Waals surface area (Å²) in [5, 5.41) is 3.19. The molecule has 29 heavy (non-hydrogen) atoms. The first-order valence-electron chi connectivity index (χ1n) is 10.1. The number of carbonyl (C=O) groups excluding carboxylic acids is 4. The minimum atomic E-state index is -0.705. The maximum absolute atomic E-state index is 11.7. The summed E-state index contributed by atoms with van der Waals surface area (Å²) in [4.78, 5) is 50.7. The number of nitrogens with one attached hydrogen (secondary N) is 1. The lowest BCUT2D eigenvalue weighted by atomic mass is 10.2. The second-order valence-corrected chi connectivity index (χ2v) is 6.95. The first kappa shape index (κ1) is 25.3. The number of rotatable bonds is 17. The van der Waals surface area contributed by atoms with Crippen LogP contribution in [0.5, 0.6) is 0 Å². The molecular formula is C19H31ClN2O7. The van der Waals surface area contributed by atoms with Crippen molar-refractivity contribution in [3.05, 3.63) is 0 Å². The summed E-state index contributed by atoms with van der Waals surface area (Å²) in [6, 6.07) is 0. The number of alkyl halides is 1. The van der Waals surface area contributed by atoms with Crippen LogP contribution >= 0.6 is 11.6 Å². The Hall–Kier alpha value is -1.71. The average Bonchev–Trinajstić information content (AvgIpc) is 3.01. The van der Waals surface area contributed by atoms with Gasteiger partial charge in [0.25, 0.3) is 11.8 Å². The van der Waals surface area contributed by atoms with Crippen molar-refractivity contribution in [2.45, 2.75) is 57.8 Å². The fraction of sp³-hybridized carbons (Fsp3) is 0.789. The monoisotopic (exact) mass is 434 g/mol. The summed E-state index contributed by atoms with van der Waals surface area (Å²) in [6.07, 6.45) is 4.77. The molecule has 0 aromatic rings. The normalized spacial score (nSPS) is 13.8. The van der Waals surface area contributed by atoms with Crippen molar-refractivity contribution >= 4 is 35.3 Å². The molecule has 1 fully saturated rings. The third-order valence-electron chi connectivity index (χ3n) is 4.10. The van der Waals surface area contributed by atoms with Crippen LogP contribution in [0.25, 0.3) is 0 Å². The number of unbranched alkanes of at least 4 members (excludes halogenated alkanes) is 3. The number of carbonyl (C=O) groups is 4. The van der Waals surface area contributed by atoms with Gasteiger partial charge in [-0.05, 0) is 19.3 Å². The van der Waals surface area contributed by atoms with E-state index >= 15 is 0 Å². The molecule has 1 N–H and O–H groups in total. The average molecular weight is 435 g/mol. The van der Waals surface area contributed by atoms with Crippen molar-refractivity contribution < 1.29 is 33.5 Å². The highest BCUT2D eigenvalue weighted by Crippen LogP contribution is 2.13. The highest BCUT2D eigenvalue weighted by atomic mass is 35.5. The predicted octanol–water partition coefficient (Wildman–Crippen LogP) is 1.71. The number of nitrogens with zero attached hydrogens (tertiary/aromatic N) is 1. The molecule has 166 valence electrons. The van der Waals surface area contributed by atoms with Crippen LogP contribution in [0.1, 0.15) is 57.8 Å². The first-order chi connectivity index (χ1) is 14.0. The lowest BCUT2D eigenvalue weighted by Crippen LogP contribution is -2.32. The molecule has 1 saturated heterocycles. The summed E-state index contributed by atoms with van der Waals surface area (Å²) in [6.45, 7) is 2.46. The van der Waals surface area contributed by atoms with Gasteiger partial charge in [0.15, 0.2) is 0 Å². The van der Waals surface area contributed by atoms with Crippen molar-refractivity contribution in [2.75, 3.05) is 38.9 Å². The van der Waals surface area contributed by atoms with E-state index in [0.717, 1.165) is 25.7 Å². The van der Waals surface area contributed by atoms with Gasteiger partial charge in [0.05, 0.1) is 19.8 Å². The van der Waals surface area contributed by atoms with Gasteiger partial charge in [-0.15, -0.1) is 16.7 Å². The Labute approximate surface area is 176 Å². The van der Waals surface area contributed by atoms with E-state index in [1.807, 2.05) is 0 Å². The number of hydrogen-bond donors (Lipinski definition) is 1. The van der Waals surface area contributed by atoms with Crippen molar-refractivity contribution in [3.8, 4) is 0 Å². The van der Waals surface area contributed by atoms with Crippen molar-refractivity contribution in [3.63, 3.8) is 0 Å². The smallest absolute Gasteiger partial charge is 0.333 e. The minimum absolute atomic E-state index is 0.0514. The Morgan fingerprint density at radius 2 is 1.52 bits per heavy atom. The third-order valence-corrected chi connectivity index (χ3v) is 4.36. The fourth-order valence-electron chi connectivity index (χ4n) is 2.52. The van der Waals surface area contributed by atoms with Gasteiger partial charge in [0.2, 0.25) is 5.91 Å². The molecule has 0 bridgehead atoms. The van der Waals surface area contributed by atoms with Crippen LogP contribution in [0.3, 0.4) is 0 Å². The second kappa shape index (κ2) is 16.1. The number of hydrogen-bond acceptors (Lipinski definition) is 7. The fourth-order valence-corrected chi connectivity index (χ4v) is 2.71. The third kappa shape index (κ3) is 12.5. The van der Waals surface area contributed by atoms with E-state index in [1.165, 1.54) is 0 Å². The minimum Gasteiger partial charge on any atom is -0.379 e. The van der Waals surface area contributed by atoms with E-state index in [2.05, 4.69) is 5.32 Å². The Morgan fingerprint density at radius 3 is 2.21 bits per heavy atom. The molecule has 3 amide bonds. The maximum atomic E-state index is 11.7. The Balaban J connectivity index is 1.88. The summed E-state index contributed by atoms with van der Waals surface area (Å²) in [5.74, 6) is -1.24. The molecule has 1 heterocycles. The lowest BCUT2D eigenvalue weighted by Gasteiger charge is -2.12. The molecule has 0 spiro atoms. The van der Waals surface area contributed by atoms with Crippen LogP contribution in [-0.4, -0.2) is 67.6 Å². The molecule has 1 rings (SSSR count). The van der Waals surface area contributed by atoms with Gasteiger partial charge < -0.3 is 19.6 Å². The SMILES string of the molecule is O=C(CCCC(=O)ON1C(=O)CCC1=O)NCCOCCOCCCCCCCl. The Morgan fingerprint density at radius 1 is 0.862 bits per heavy atom. The topological polar surface area (TPSA) is 111 Å².